The maximum atomic E-state index is 12.4. The summed E-state index contributed by atoms with van der Waals surface area (Å²) in [5, 5.41) is 9.00. The molecule has 2 rings (SSSR count). The molecule has 0 aromatic heterocycles. The van der Waals surface area contributed by atoms with E-state index in [1.165, 1.54) is 19.3 Å². The average Bonchev–Trinajstić information content (AvgIpc) is 2.83. The van der Waals surface area contributed by atoms with Gasteiger partial charge in [0.15, 0.2) is 0 Å². The van der Waals surface area contributed by atoms with Crippen LogP contribution in [0.3, 0.4) is 0 Å². The van der Waals surface area contributed by atoms with Crippen LogP contribution in [-0.4, -0.2) is 59.1 Å². The van der Waals surface area contributed by atoms with Gasteiger partial charge in [0.2, 0.25) is 5.91 Å². The van der Waals surface area contributed by atoms with E-state index in [0.717, 1.165) is 38.9 Å². The van der Waals surface area contributed by atoms with Gasteiger partial charge in [-0.15, -0.1) is 0 Å². The van der Waals surface area contributed by atoms with Crippen LogP contribution in [0, 0.1) is 0 Å². The Kier molecular flexibility index (Phi) is 5.01. The topological polar surface area (TPSA) is 43.8 Å². The molecule has 1 heterocycles. The third kappa shape index (κ3) is 3.04. The number of hydrogen-bond donors (Lipinski definition) is 1. The molecule has 0 radical (unpaired) electrons. The summed E-state index contributed by atoms with van der Waals surface area (Å²) in [6.45, 7) is 4.97. The molecular weight excluding hydrogens is 228 g/mol. The van der Waals surface area contributed by atoms with Crippen LogP contribution in [0.5, 0.6) is 0 Å². The van der Waals surface area contributed by atoms with Gasteiger partial charge < -0.3 is 10.0 Å². The van der Waals surface area contributed by atoms with Gasteiger partial charge in [-0.3, -0.25) is 9.69 Å². The van der Waals surface area contributed by atoms with Crippen molar-refractivity contribution in [3.05, 3.63) is 0 Å². The number of carbonyl (C=O) groups excluding carboxylic acids is 1. The molecule has 2 fully saturated rings. The van der Waals surface area contributed by atoms with Crippen LogP contribution in [0.4, 0.5) is 0 Å². The molecule has 18 heavy (non-hydrogen) atoms. The molecule has 1 unspecified atom stereocenters. The van der Waals surface area contributed by atoms with Gasteiger partial charge in [-0.2, -0.15) is 0 Å². The Bertz CT molecular complexity index is 273. The van der Waals surface area contributed by atoms with Gasteiger partial charge in [-0.05, 0) is 39.0 Å². The highest BCUT2D eigenvalue weighted by Crippen LogP contribution is 2.27. The number of aliphatic hydroxyl groups is 1. The molecule has 1 aliphatic heterocycles. The lowest BCUT2D eigenvalue weighted by Gasteiger charge is -2.41. The smallest absolute Gasteiger partial charge is 0.239 e. The van der Waals surface area contributed by atoms with E-state index in [1.54, 1.807) is 0 Å². The van der Waals surface area contributed by atoms with E-state index in [1.807, 2.05) is 11.8 Å². The minimum atomic E-state index is -0.0139. The van der Waals surface area contributed by atoms with Gasteiger partial charge in [0.1, 0.15) is 0 Å². The third-order valence-corrected chi connectivity index (χ3v) is 4.39. The minimum absolute atomic E-state index is 0.0139. The van der Waals surface area contributed by atoms with Crippen LogP contribution in [0.15, 0.2) is 0 Å². The molecule has 4 heteroatoms. The average molecular weight is 254 g/mol. The highest BCUT2D eigenvalue weighted by Gasteiger charge is 2.33. The van der Waals surface area contributed by atoms with Crippen LogP contribution in [0.25, 0.3) is 0 Å². The molecule has 1 amide bonds. The number of hydrogen-bond acceptors (Lipinski definition) is 3. The van der Waals surface area contributed by atoms with E-state index in [0.29, 0.717) is 6.04 Å². The summed E-state index contributed by atoms with van der Waals surface area (Å²) in [7, 11) is 0. The first-order chi connectivity index (χ1) is 8.74. The van der Waals surface area contributed by atoms with Gasteiger partial charge in [0.25, 0.3) is 0 Å². The van der Waals surface area contributed by atoms with Crippen LogP contribution in [-0.2, 0) is 4.79 Å². The van der Waals surface area contributed by atoms with Crippen molar-refractivity contribution in [1.29, 1.82) is 0 Å². The molecule has 104 valence electrons. The first kappa shape index (κ1) is 13.8. The van der Waals surface area contributed by atoms with Crippen molar-refractivity contribution in [2.45, 2.75) is 57.5 Å². The fourth-order valence-corrected chi connectivity index (χ4v) is 3.01. The second-order valence-electron chi connectivity index (χ2n) is 5.61. The standard InChI is InChI=1S/C14H26N2O2/c1-12(14(18)15-8-2-3-9-15)16(10-5-11-17)13-6-4-7-13/h12-13,17H,2-11H2,1H3. The van der Waals surface area contributed by atoms with E-state index in [2.05, 4.69) is 4.90 Å². The van der Waals surface area contributed by atoms with Crippen molar-refractivity contribution in [3.8, 4) is 0 Å². The lowest BCUT2D eigenvalue weighted by Crippen LogP contribution is -2.52. The maximum Gasteiger partial charge on any atom is 0.239 e. The Morgan fingerprint density at radius 2 is 2.00 bits per heavy atom. The summed E-state index contributed by atoms with van der Waals surface area (Å²) in [6.07, 6.45) is 6.78. The van der Waals surface area contributed by atoms with Crippen LogP contribution < -0.4 is 0 Å². The predicted octanol–water partition coefficient (Wildman–Crippen LogP) is 1.23. The fourth-order valence-electron chi connectivity index (χ4n) is 3.01. The van der Waals surface area contributed by atoms with Crippen molar-refractivity contribution in [3.63, 3.8) is 0 Å². The zero-order valence-electron chi connectivity index (χ0n) is 11.5. The number of nitrogens with zero attached hydrogens (tertiary/aromatic N) is 2. The van der Waals surface area contributed by atoms with Crippen molar-refractivity contribution >= 4 is 5.91 Å². The molecule has 0 aromatic rings. The predicted molar refractivity (Wildman–Crippen MR) is 71.3 cm³/mol. The molecule has 0 bridgehead atoms. The number of amides is 1. The Balaban J connectivity index is 1.92. The second kappa shape index (κ2) is 6.53. The summed E-state index contributed by atoms with van der Waals surface area (Å²) in [5.41, 5.74) is 0. The molecule has 0 aromatic carbocycles. The van der Waals surface area contributed by atoms with Gasteiger partial charge in [0, 0.05) is 32.3 Å². The number of likely N-dealkylation sites (tertiary alicyclic amines) is 1. The number of rotatable bonds is 6. The molecule has 1 atom stereocenters. The number of carbonyl (C=O) groups is 1. The van der Waals surface area contributed by atoms with Crippen molar-refractivity contribution in [2.75, 3.05) is 26.2 Å². The molecule has 4 nitrogen and oxygen atoms in total. The van der Waals surface area contributed by atoms with Crippen LogP contribution in [0.1, 0.15) is 45.4 Å². The lowest BCUT2D eigenvalue weighted by molar-refractivity contribution is -0.137. The SMILES string of the molecule is CC(C(=O)N1CCCC1)N(CCCO)C1CCC1. The zero-order chi connectivity index (χ0) is 13.0. The molecule has 1 saturated heterocycles. The zero-order valence-corrected chi connectivity index (χ0v) is 11.5. The summed E-state index contributed by atoms with van der Waals surface area (Å²) in [5.74, 6) is 0.289. The van der Waals surface area contributed by atoms with E-state index in [4.69, 9.17) is 5.11 Å². The summed E-state index contributed by atoms with van der Waals surface area (Å²) in [6, 6.07) is 0.554. The second-order valence-corrected chi connectivity index (χ2v) is 5.61. The van der Waals surface area contributed by atoms with E-state index in [9.17, 15) is 4.79 Å². The van der Waals surface area contributed by atoms with Gasteiger partial charge >= 0.3 is 0 Å². The molecule has 1 aliphatic carbocycles. The Labute approximate surface area is 110 Å². The van der Waals surface area contributed by atoms with E-state index >= 15 is 0 Å². The van der Waals surface area contributed by atoms with Gasteiger partial charge in [0.05, 0.1) is 6.04 Å². The number of aliphatic hydroxyl groups excluding tert-OH is 1. The van der Waals surface area contributed by atoms with Crippen molar-refractivity contribution < 1.29 is 9.90 Å². The molecule has 0 spiro atoms. The lowest BCUT2D eigenvalue weighted by atomic mass is 9.90. The van der Waals surface area contributed by atoms with Gasteiger partial charge in [-0.1, -0.05) is 6.42 Å². The van der Waals surface area contributed by atoms with E-state index in [-0.39, 0.29) is 18.6 Å². The van der Waals surface area contributed by atoms with E-state index < -0.39 is 0 Å². The first-order valence-corrected chi connectivity index (χ1v) is 7.39. The highest BCUT2D eigenvalue weighted by atomic mass is 16.3. The summed E-state index contributed by atoms with van der Waals surface area (Å²) in [4.78, 5) is 16.7. The van der Waals surface area contributed by atoms with Crippen molar-refractivity contribution in [2.24, 2.45) is 0 Å². The normalized spacial score (nSPS) is 22.3. The molecule has 2 aliphatic rings. The third-order valence-electron chi connectivity index (χ3n) is 4.39. The summed E-state index contributed by atoms with van der Waals surface area (Å²) < 4.78 is 0. The van der Waals surface area contributed by atoms with Gasteiger partial charge in [-0.25, -0.2) is 0 Å². The maximum absolute atomic E-state index is 12.4. The largest absolute Gasteiger partial charge is 0.396 e. The quantitative estimate of drug-likeness (QED) is 0.775. The minimum Gasteiger partial charge on any atom is -0.396 e. The summed E-state index contributed by atoms with van der Waals surface area (Å²) >= 11 is 0. The Morgan fingerprint density at radius 3 is 2.50 bits per heavy atom. The molecular formula is C14H26N2O2. The highest BCUT2D eigenvalue weighted by molar-refractivity contribution is 5.81. The fraction of sp³-hybridized carbons (Fsp3) is 0.929. The monoisotopic (exact) mass is 254 g/mol. The Morgan fingerprint density at radius 1 is 1.33 bits per heavy atom. The first-order valence-electron chi connectivity index (χ1n) is 7.39. The van der Waals surface area contributed by atoms with Crippen molar-refractivity contribution in [1.82, 2.24) is 9.80 Å². The molecule has 1 N–H and O–H groups in total. The Hall–Kier alpha value is -0.610. The van der Waals surface area contributed by atoms with Crippen LogP contribution in [0.2, 0.25) is 0 Å². The van der Waals surface area contributed by atoms with Crippen LogP contribution >= 0.6 is 0 Å². The molecule has 1 saturated carbocycles.